The van der Waals surface area contributed by atoms with Gasteiger partial charge in [0.2, 0.25) is 0 Å². The first-order valence-corrected chi connectivity index (χ1v) is 16.1. The Balaban J connectivity index is 1.17. The summed E-state index contributed by atoms with van der Waals surface area (Å²) in [6.45, 7) is -1.31. The molecule has 0 spiro atoms. The van der Waals surface area contributed by atoms with E-state index in [2.05, 4.69) is 40.1 Å². The van der Waals surface area contributed by atoms with E-state index in [1.54, 1.807) is 0 Å². The molecule has 3 aliphatic heterocycles. The van der Waals surface area contributed by atoms with Crippen molar-refractivity contribution in [1.29, 1.82) is 0 Å². The van der Waals surface area contributed by atoms with Gasteiger partial charge >= 0.3 is 15.5 Å². The largest absolute Gasteiger partial charge is 0.403 e. The van der Waals surface area contributed by atoms with Crippen LogP contribution in [0.2, 0.25) is 0 Å². The maximum Gasteiger partial charge on any atom is 0.403 e. The third-order valence-corrected chi connectivity index (χ3v) is 9.77. The van der Waals surface area contributed by atoms with Crippen LogP contribution < -0.4 is 21.6 Å². The van der Waals surface area contributed by atoms with Crippen molar-refractivity contribution < 1.29 is 47.7 Å². The normalized spacial score (nSPS) is 38.3. The number of nitrogens with zero attached hydrogens (tertiary/aromatic N) is 8. The van der Waals surface area contributed by atoms with Crippen molar-refractivity contribution in [1.82, 2.24) is 49.2 Å². The van der Waals surface area contributed by atoms with E-state index in [-0.39, 0.29) is 34.0 Å². The van der Waals surface area contributed by atoms with Gasteiger partial charge in [-0.1, -0.05) is 0 Å². The predicted molar refractivity (Wildman–Crippen MR) is 145 cm³/mol. The minimum absolute atomic E-state index is 0.0746. The molecule has 7 heterocycles. The van der Waals surface area contributed by atoms with Crippen molar-refractivity contribution in [3.05, 3.63) is 25.3 Å². The molecule has 0 saturated carbocycles. The molecule has 4 aromatic rings. The van der Waals surface area contributed by atoms with E-state index in [1.165, 1.54) is 34.4 Å². The highest BCUT2D eigenvalue weighted by molar-refractivity contribution is 7.50. The summed E-state index contributed by atoms with van der Waals surface area (Å²) in [7, 11) is -9.45. The van der Waals surface area contributed by atoms with Gasteiger partial charge in [0.1, 0.15) is 48.1 Å². The molecule has 10 atom stereocenters. The highest BCUT2D eigenvalue weighted by Gasteiger charge is 2.52. The summed E-state index contributed by atoms with van der Waals surface area (Å²) in [6, 6.07) is -2.71. The average Bonchev–Trinajstić information content (AvgIpc) is 3.73. The number of hydrogen-bond donors (Lipinski definition) is 8. The summed E-state index contributed by atoms with van der Waals surface area (Å²) >= 11 is 0. The zero-order valence-corrected chi connectivity index (χ0v) is 24.0. The molecule has 22 nitrogen and oxygen atoms in total. The van der Waals surface area contributed by atoms with Crippen LogP contribution in [-0.2, 0) is 27.7 Å². The van der Waals surface area contributed by atoms with Crippen LogP contribution in [0.1, 0.15) is 12.5 Å². The number of fused-ring (bicyclic) bond motifs is 4. The van der Waals surface area contributed by atoms with Crippen LogP contribution in [0.5, 0.6) is 0 Å². The Morgan fingerprint density at radius 1 is 0.727 bits per heavy atom. The smallest absolute Gasteiger partial charge is 0.387 e. The van der Waals surface area contributed by atoms with Crippen LogP contribution in [0.4, 0.5) is 11.6 Å². The number of aliphatic hydroxyl groups excluding tert-OH is 2. The zero-order chi connectivity index (χ0) is 31.0. The maximum atomic E-state index is 13.2. The maximum absolute atomic E-state index is 13.2. The molecule has 3 saturated heterocycles. The number of ether oxygens (including phenoxy) is 2. The summed E-state index contributed by atoms with van der Waals surface area (Å²) in [5.41, 5.74) is 12.5. The average molecular weight is 656 g/mol. The molecule has 0 radical (unpaired) electrons. The molecule has 4 aromatic heterocycles. The number of hydrogen-bond acceptors (Lipinski definition) is 16. The Kier molecular flexibility index (Phi) is 7.16. The van der Waals surface area contributed by atoms with Crippen LogP contribution >= 0.6 is 15.5 Å². The minimum atomic E-state index is -4.73. The van der Waals surface area contributed by atoms with Crippen LogP contribution in [0, 0.1) is 0 Å². The van der Waals surface area contributed by atoms with Crippen molar-refractivity contribution in [3.63, 3.8) is 0 Å². The Morgan fingerprint density at radius 3 is 1.55 bits per heavy atom. The number of imidazole rings is 2. The van der Waals surface area contributed by atoms with Crippen molar-refractivity contribution in [2.45, 2.75) is 49.0 Å². The first-order chi connectivity index (χ1) is 20.9. The molecule has 0 aromatic carbocycles. The van der Waals surface area contributed by atoms with E-state index in [0.717, 1.165) is 0 Å². The molecule has 3 fully saturated rings. The van der Waals surface area contributed by atoms with Crippen molar-refractivity contribution >= 4 is 49.5 Å². The fraction of sp³-hybridized carbons (Fsp3) is 0.500. The van der Waals surface area contributed by atoms with Crippen molar-refractivity contribution in [2.24, 2.45) is 0 Å². The van der Waals surface area contributed by atoms with Crippen molar-refractivity contribution in [3.8, 4) is 0 Å². The van der Waals surface area contributed by atoms with E-state index in [0.29, 0.717) is 0 Å². The van der Waals surface area contributed by atoms with Gasteiger partial charge in [0.15, 0.2) is 35.4 Å². The standard InChI is InChI=1S/C20H26N12O10P2/c21-15-11-17(25-3-23-15)31(5-27-11)19-13(33)9-7(41-19)1-39-43(35,36)30-10-8(2-40-44(37,38)29-9)42-20(14(10)34)32-6-28-12-16(22)24-4-26-18(12)32/h3-10,13-14,19-20,33-34H,1-2H2,(H2,21,23,25)(H2,22,24,26)(H2,29,37,38)(H2,30,35,36)/t7-,8-,9+,10?,13?,14+,19-,20-/m1/s1. The van der Waals surface area contributed by atoms with Gasteiger partial charge in [0.25, 0.3) is 0 Å². The molecule has 7 rings (SSSR count). The van der Waals surface area contributed by atoms with Gasteiger partial charge < -0.3 is 40.9 Å². The Labute approximate surface area is 245 Å². The lowest BCUT2D eigenvalue weighted by Crippen LogP contribution is -2.48. The summed E-state index contributed by atoms with van der Waals surface area (Å²) in [6.07, 6.45) is -3.18. The minimum Gasteiger partial charge on any atom is -0.387 e. The van der Waals surface area contributed by atoms with Gasteiger partial charge in [-0.2, -0.15) is 0 Å². The second-order valence-corrected chi connectivity index (χ2v) is 13.3. The highest BCUT2D eigenvalue weighted by Crippen LogP contribution is 2.47. The summed E-state index contributed by atoms with van der Waals surface area (Å²) in [4.78, 5) is 45.7. The second kappa shape index (κ2) is 10.7. The molecule has 0 bridgehead atoms. The summed E-state index contributed by atoms with van der Waals surface area (Å²) in [5, 5.41) is 27.1. The molecule has 236 valence electrons. The number of aliphatic hydroxyl groups is 2. The molecule has 0 amide bonds. The number of nitrogen functional groups attached to an aromatic ring is 2. The number of nitrogens with one attached hydrogen (secondary N) is 2. The Hall–Kier alpha value is -3.24. The Bertz CT molecular complexity index is 1690. The summed E-state index contributed by atoms with van der Waals surface area (Å²) < 4.78 is 51.5. The lowest BCUT2D eigenvalue weighted by molar-refractivity contribution is -0.0483. The van der Waals surface area contributed by atoms with E-state index in [4.69, 9.17) is 30.0 Å². The van der Waals surface area contributed by atoms with Gasteiger partial charge in [-0.15, -0.1) is 0 Å². The van der Waals surface area contributed by atoms with Crippen LogP contribution in [0.25, 0.3) is 22.3 Å². The van der Waals surface area contributed by atoms with Gasteiger partial charge in [-0.25, -0.2) is 49.2 Å². The fourth-order valence-electron chi connectivity index (χ4n) is 5.46. The molecule has 10 N–H and O–H groups in total. The molecule has 4 unspecified atom stereocenters. The molecule has 24 heteroatoms. The van der Waals surface area contributed by atoms with E-state index in [9.17, 15) is 29.1 Å². The topological polar surface area (TPSA) is 315 Å². The molecule has 0 aliphatic carbocycles. The predicted octanol–water partition coefficient (Wildman–Crippen LogP) is -2.49. The number of aromatic nitrogens is 8. The molecular formula is C20H26N12O10P2. The SMILES string of the molecule is Nc1ncnc2c1ncn2[C@@H]1O[C@@H]2COP(=O)(O)NC3[C@@H](COP(=O)(O)N[C@@H]2C1O)O[C@@H](n1cnc2c(N)ncnc21)[C@H]3O. The number of anilines is 2. The number of nitrogens with two attached hydrogens (primary N) is 2. The lowest BCUT2D eigenvalue weighted by Gasteiger charge is -2.29. The van der Waals surface area contributed by atoms with Crippen molar-refractivity contribution in [2.75, 3.05) is 24.7 Å². The third kappa shape index (κ3) is 5.04. The van der Waals surface area contributed by atoms with Crippen LogP contribution in [0.15, 0.2) is 25.3 Å². The van der Waals surface area contributed by atoms with Gasteiger partial charge in [-0.05, 0) is 0 Å². The fourth-order valence-corrected chi connectivity index (χ4v) is 7.70. The molecule has 3 aliphatic rings. The quantitative estimate of drug-likeness (QED) is 0.103. The van der Waals surface area contributed by atoms with Gasteiger partial charge in [0, 0.05) is 0 Å². The Morgan fingerprint density at radius 2 is 1.14 bits per heavy atom. The van der Waals surface area contributed by atoms with E-state index < -0.39 is 77.7 Å². The first-order valence-electron chi connectivity index (χ1n) is 13.0. The zero-order valence-electron chi connectivity index (χ0n) is 22.2. The summed E-state index contributed by atoms with van der Waals surface area (Å²) in [5.74, 6) is 0.149. The van der Waals surface area contributed by atoms with Gasteiger partial charge in [-0.3, -0.25) is 18.2 Å². The highest BCUT2D eigenvalue weighted by atomic mass is 31.2. The van der Waals surface area contributed by atoms with Crippen LogP contribution in [0.3, 0.4) is 0 Å². The van der Waals surface area contributed by atoms with E-state index >= 15 is 0 Å². The second-order valence-electron chi connectivity index (χ2n) is 10.2. The number of rotatable bonds is 2. The molecule has 44 heavy (non-hydrogen) atoms. The van der Waals surface area contributed by atoms with Crippen LogP contribution in [-0.4, -0.2) is 109 Å². The lowest BCUT2D eigenvalue weighted by atomic mass is 10.1. The van der Waals surface area contributed by atoms with E-state index in [1.807, 2.05) is 0 Å². The monoisotopic (exact) mass is 656 g/mol. The first kappa shape index (κ1) is 29.5. The van der Waals surface area contributed by atoms with Gasteiger partial charge in [0.05, 0.1) is 38.0 Å². The third-order valence-electron chi connectivity index (χ3n) is 7.52. The molecular weight excluding hydrogens is 630 g/mol.